The molecule has 0 radical (unpaired) electrons. The second kappa shape index (κ2) is 5.04. The van der Waals surface area contributed by atoms with Crippen molar-refractivity contribution in [1.29, 1.82) is 0 Å². The van der Waals surface area contributed by atoms with Crippen LogP contribution >= 0.6 is 0 Å². The standard InChI is InChI=1S/C7H10N4O2/c12-4-3-10-7(13)11-6-5-8-1-2-9-6/h1-2,5,12H,3-4H2,(H2,9,10,11,13). The van der Waals surface area contributed by atoms with Crippen molar-refractivity contribution in [3.63, 3.8) is 0 Å². The molecule has 13 heavy (non-hydrogen) atoms. The molecule has 0 aromatic carbocycles. The van der Waals surface area contributed by atoms with E-state index in [4.69, 9.17) is 5.11 Å². The molecular formula is C7H10N4O2. The van der Waals surface area contributed by atoms with Gasteiger partial charge in [0.05, 0.1) is 12.8 Å². The summed E-state index contributed by atoms with van der Waals surface area (Å²) >= 11 is 0. The molecule has 0 atom stereocenters. The Labute approximate surface area is 75.0 Å². The molecule has 1 heterocycles. The summed E-state index contributed by atoms with van der Waals surface area (Å²) in [6, 6.07) is -0.408. The van der Waals surface area contributed by atoms with Crippen LogP contribution in [-0.2, 0) is 0 Å². The highest BCUT2D eigenvalue weighted by Crippen LogP contribution is 1.95. The summed E-state index contributed by atoms with van der Waals surface area (Å²) in [5.74, 6) is 0.373. The number of aromatic nitrogens is 2. The van der Waals surface area contributed by atoms with Crippen LogP contribution in [0.25, 0.3) is 0 Å². The maximum Gasteiger partial charge on any atom is 0.320 e. The van der Waals surface area contributed by atoms with Gasteiger partial charge < -0.3 is 10.4 Å². The predicted molar refractivity (Wildman–Crippen MR) is 46.1 cm³/mol. The van der Waals surface area contributed by atoms with E-state index in [0.29, 0.717) is 5.82 Å². The molecule has 0 aliphatic heterocycles. The Hall–Kier alpha value is -1.69. The number of rotatable bonds is 3. The average molecular weight is 182 g/mol. The van der Waals surface area contributed by atoms with Gasteiger partial charge in [-0.15, -0.1) is 0 Å². The van der Waals surface area contributed by atoms with Crippen molar-refractivity contribution in [2.75, 3.05) is 18.5 Å². The number of hydrogen-bond acceptors (Lipinski definition) is 4. The molecule has 0 fully saturated rings. The summed E-state index contributed by atoms with van der Waals surface area (Å²) in [7, 11) is 0. The summed E-state index contributed by atoms with van der Waals surface area (Å²) < 4.78 is 0. The van der Waals surface area contributed by atoms with E-state index in [-0.39, 0.29) is 13.2 Å². The summed E-state index contributed by atoms with van der Waals surface area (Å²) in [6.45, 7) is 0.125. The fourth-order valence-electron chi connectivity index (χ4n) is 0.694. The minimum atomic E-state index is -0.408. The number of anilines is 1. The molecule has 0 saturated carbocycles. The molecule has 3 N–H and O–H groups in total. The first kappa shape index (κ1) is 9.40. The number of aliphatic hydroxyl groups is 1. The van der Waals surface area contributed by atoms with Crippen LogP contribution in [-0.4, -0.2) is 34.3 Å². The van der Waals surface area contributed by atoms with Crippen molar-refractivity contribution in [2.45, 2.75) is 0 Å². The Kier molecular flexibility index (Phi) is 3.65. The lowest BCUT2D eigenvalue weighted by Crippen LogP contribution is -2.31. The Morgan fingerprint density at radius 2 is 2.38 bits per heavy atom. The number of carbonyl (C=O) groups is 1. The first-order valence-corrected chi connectivity index (χ1v) is 3.74. The topological polar surface area (TPSA) is 87.1 Å². The lowest BCUT2D eigenvalue weighted by Gasteiger charge is -2.03. The smallest absolute Gasteiger partial charge is 0.320 e. The number of amides is 2. The molecule has 0 bridgehead atoms. The monoisotopic (exact) mass is 182 g/mol. The SMILES string of the molecule is O=C(NCCO)Nc1cnccn1. The molecule has 0 spiro atoms. The second-order valence-corrected chi connectivity index (χ2v) is 2.20. The van der Waals surface area contributed by atoms with Gasteiger partial charge in [-0.3, -0.25) is 10.3 Å². The molecule has 6 nitrogen and oxygen atoms in total. The number of nitrogens with zero attached hydrogens (tertiary/aromatic N) is 2. The van der Waals surface area contributed by atoms with Gasteiger partial charge in [0.2, 0.25) is 0 Å². The zero-order valence-electron chi connectivity index (χ0n) is 6.90. The van der Waals surface area contributed by atoms with E-state index in [1.165, 1.54) is 18.6 Å². The predicted octanol–water partition coefficient (Wildman–Crippen LogP) is -0.410. The van der Waals surface area contributed by atoms with E-state index in [9.17, 15) is 4.79 Å². The van der Waals surface area contributed by atoms with Crippen LogP contribution in [0, 0.1) is 0 Å². The van der Waals surface area contributed by atoms with Crippen LogP contribution in [0.15, 0.2) is 18.6 Å². The van der Waals surface area contributed by atoms with Gasteiger partial charge in [-0.05, 0) is 0 Å². The fraction of sp³-hybridized carbons (Fsp3) is 0.286. The normalized spacial score (nSPS) is 9.31. The Morgan fingerprint density at radius 3 is 3.00 bits per heavy atom. The van der Waals surface area contributed by atoms with Crippen LogP contribution in [0.3, 0.4) is 0 Å². The minimum Gasteiger partial charge on any atom is -0.395 e. The van der Waals surface area contributed by atoms with Crippen LogP contribution in [0.2, 0.25) is 0 Å². The molecule has 0 aliphatic rings. The third-order valence-electron chi connectivity index (χ3n) is 1.20. The summed E-state index contributed by atoms with van der Waals surface area (Å²) in [6.07, 6.45) is 4.41. The van der Waals surface area contributed by atoms with E-state index in [0.717, 1.165) is 0 Å². The molecule has 1 aromatic heterocycles. The highest BCUT2D eigenvalue weighted by molar-refractivity contribution is 5.87. The average Bonchev–Trinajstić information content (AvgIpc) is 2.16. The number of urea groups is 1. The summed E-state index contributed by atoms with van der Waals surface area (Å²) in [4.78, 5) is 18.6. The Bertz CT molecular complexity index is 264. The van der Waals surface area contributed by atoms with E-state index >= 15 is 0 Å². The lowest BCUT2D eigenvalue weighted by molar-refractivity contribution is 0.244. The number of carbonyl (C=O) groups excluding carboxylic acids is 1. The second-order valence-electron chi connectivity index (χ2n) is 2.20. The number of aliphatic hydroxyl groups excluding tert-OH is 1. The Balaban J connectivity index is 2.37. The van der Waals surface area contributed by atoms with E-state index < -0.39 is 6.03 Å². The van der Waals surface area contributed by atoms with Crippen molar-refractivity contribution < 1.29 is 9.90 Å². The number of nitrogens with one attached hydrogen (secondary N) is 2. The largest absolute Gasteiger partial charge is 0.395 e. The van der Waals surface area contributed by atoms with Gasteiger partial charge in [-0.25, -0.2) is 9.78 Å². The Morgan fingerprint density at radius 1 is 1.54 bits per heavy atom. The van der Waals surface area contributed by atoms with Crippen LogP contribution in [0.5, 0.6) is 0 Å². The van der Waals surface area contributed by atoms with Gasteiger partial charge in [0.25, 0.3) is 0 Å². The van der Waals surface area contributed by atoms with Gasteiger partial charge in [0.1, 0.15) is 0 Å². The van der Waals surface area contributed by atoms with Crippen molar-refractivity contribution in [2.24, 2.45) is 0 Å². The van der Waals surface area contributed by atoms with E-state index in [1.54, 1.807) is 0 Å². The molecule has 6 heteroatoms. The van der Waals surface area contributed by atoms with Crippen LogP contribution in [0.1, 0.15) is 0 Å². The highest BCUT2D eigenvalue weighted by atomic mass is 16.3. The molecule has 1 rings (SSSR count). The summed E-state index contributed by atoms with van der Waals surface area (Å²) in [5.41, 5.74) is 0. The van der Waals surface area contributed by atoms with Crippen molar-refractivity contribution >= 4 is 11.8 Å². The van der Waals surface area contributed by atoms with Crippen molar-refractivity contribution in [1.82, 2.24) is 15.3 Å². The van der Waals surface area contributed by atoms with Gasteiger partial charge in [0.15, 0.2) is 5.82 Å². The molecular weight excluding hydrogens is 172 g/mol. The van der Waals surface area contributed by atoms with Crippen molar-refractivity contribution in [3.8, 4) is 0 Å². The summed E-state index contributed by atoms with van der Waals surface area (Å²) in [5, 5.41) is 13.3. The molecule has 0 saturated heterocycles. The molecule has 2 amide bonds. The maximum absolute atomic E-state index is 11.0. The lowest BCUT2D eigenvalue weighted by atomic mass is 10.6. The van der Waals surface area contributed by atoms with E-state index in [2.05, 4.69) is 20.6 Å². The highest BCUT2D eigenvalue weighted by Gasteiger charge is 1.99. The van der Waals surface area contributed by atoms with Crippen LogP contribution in [0.4, 0.5) is 10.6 Å². The zero-order valence-corrected chi connectivity index (χ0v) is 6.90. The third-order valence-corrected chi connectivity index (χ3v) is 1.20. The third kappa shape index (κ3) is 3.48. The minimum absolute atomic E-state index is 0.0894. The van der Waals surface area contributed by atoms with Gasteiger partial charge >= 0.3 is 6.03 Å². The zero-order chi connectivity index (χ0) is 9.52. The maximum atomic E-state index is 11.0. The molecule has 0 unspecified atom stereocenters. The van der Waals surface area contributed by atoms with Gasteiger partial charge in [-0.2, -0.15) is 0 Å². The van der Waals surface area contributed by atoms with Crippen LogP contribution < -0.4 is 10.6 Å². The first-order valence-electron chi connectivity index (χ1n) is 3.74. The number of hydrogen-bond donors (Lipinski definition) is 3. The van der Waals surface area contributed by atoms with E-state index in [1.807, 2.05) is 0 Å². The molecule has 1 aromatic rings. The van der Waals surface area contributed by atoms with Crippen molar-refractivity contribution in [3.05, 3.63) is 18.6 Å². The first-order chi connectivity index (χ1) is 6.33. The quantitative estimate of drug-likeness (QED) is 0.593. The van der Waals surface area contributed by atoms with Gasteiger partial charge in [-0.1, -0.05) is 0 Å². The molecule has 0 aliphatic carbocycles. The fourth-order valence-corrected chi connectivity index (χ4v) is 0.694. The molecule has 70 valence electrons. The van der Waals surface area contributed by atoms with Gasteiger partial charge in [0, 0.05) is 18.9 Å².